The average molecular weight is 210 g/mol. The predicted octanol–water partition coefficient (Wildman–Crippen LogP) is 1.59. The molecule has 0 aliphatic rings. The molecule has 0 aromatic heterocycles. The Bertz CT molecular complexity index is 335. The molecule has 0 bridgehead atoms. The van der Waals surface area contributed by atoms with E-state index in [1.165, 1.54) is 6.07 Å². The molecule has 82 valence electrons. The first-order valence-corrected chi connectivity index (χ1v) is 4.78. The highest BCUT2D eigenvalue weighted by Crippen LogP contribution is 2.19. The van der Waals surface area contributed by atoms with Crippen molar-refractivity contribution >= 4 is 5.97 Å². The molecule has 0 amide bonds. The Labute approximate surface area is 88.1 Å². The van der Waals surface area contributed by atoms with Crippen LogP contribution in [0.25, 0.3) is 0 Å². The van der Waals surface area contributed by atoms with Crippen molar-refractivity contribution in [1.82, 2.24) is 0 Å². The zero-order chi connectivity index (χ0) is 11.3. The highest BCUT2D eigenvalue weighted by Gasteiger charge is 2.15. The third-order valence-electron chi connectivity index (χ3n) is 1.88. The molecule has 1 aromatic carbocycles. The van der Waals surface area contributed by atoms with E-state index in [4.69, 9.17) is 9.84 Å². The van der Waals surface area contributed by atoms with E-state index < -0.39 is 12.1 Å². The Kier molecular flexibility index (Phi) is 4.12. The molecular weight excluding hydrogens is 196 g/mol. The molecular formula is C11H14O4. The van der Waals surface area contributed by atoms with Gasteiger partial charge in [-0.1, -0.05) is 19.1 Å². The van der Waals surface area contributed by atoms with Gasteiger partial charge in [-0.05, 0) is 24.1 Å². The first-order valence-electron chi connectivity index (χ1n) is 4.78. The number of carboxylic acid groups (broad SMARTS) is 1. The van der Waals surface area contributed by atoms with Crippen molar-refractivity contribution in [2.45, 2.75) is 19.4 Å². The molecule has 0 aliphatic heterocycles. The van der Waals surface area contributed by atoms with Crippen LogP contribution >= 0.6 is 0 Å². The zero-order valence-corrected chi connectivity index (χ0v) is 8.51. The zero-order valence-electron chi connectivity index (χ0n) is 8.51. The van der Waals surface area contributed by atoms with Crippen LogP contribution in [0, 0.1) is 0 Å². The fourth-order valence-corrected chi connectivity index (χ4v) is 1.14. The van der Waals surface area contributed by atoms with E-state index in [9.17, 15) is 9.90 Å². The van der Waals surface area contributed by atoms with Crippen molar-refractivity contribution in [2.24, 2.45) is 0 Å². The Morgan fingerprint density at radius 1 is 1.53 bits per heavy atom. The molecule has 0 saturated carbocycles. The summed E-state index contributed by atoms with van der Waals surface area (Å²) in [4.78, 5) is 10.5. The number of benzene rings is 1. The Morgan fingerprint density at radius 2 is 2.27 bits per heavy atom. The van der Waals surface area contributed by atoms with Crippen molar-refractivity contribution in [3.8, 4) is 5.75 Å². The minimum Gasteiger partial charge on any atom is -0.494 e. The second-order valence-corrected chi connectivity index (χ2v) is 3.16. The number of aliphatic hydroxyl groups is 1. The van der Waals surface area contributed by atoms with Crippen LogP contribution in [0.5, 0.6) is 5.75 Å². The highest BCUT2D eigenvalue weighted by molar-refractivity contribution is 5.74. The molecule has 4 heteroatoms. The maximum atomic E-state index is 10.5. The van der Waals surface area contributed by atoms with Crippen LogP contribution in [0.15, 0.2) is 24.3 Å². The van der Waals surface area contributed by atoms with Crippen LogP contribution in [-0.2, 0) is 4.79 Å². The van der Waals surface area contributed by atoms with Gasteiger partial charge in [0.15, 0.2) is 6.10 Å². The number of hydrogen-bond acceptors (Lipinski definition) is 3. The van der Waals surface area contributed by atoms with Gasteiger partial charge in [-0.25, -0.2) is 4.79 Å². The van der Waals surface area contributed by atoms with Crippen molar-refractivity contribution in [2.75, 3.05) is 6.61 Å². The SMILES string of the molecule is CCCOc1cccc(C(O)C(=O)O)c1. The minimum absolute atomic E-state index is 0.330. The van der Waals surface area contributed by atoms with Gasteiger partial charge in [-0.15, -0.1) is 0 Å². The number of hydrogen-bond donors (Lipinski definition) is 2. The molecule has 0 aliphatic carbocycles. The quantitative estimate of drug-likeness (QED) is 0.774. The number of carboxylic acids is 1. The summed E-state index contributed by atoms with van der Waals surface area (Å²) < 4.78 is 5.32. The lowest BCUT2D eigenvalue weighted by atomic mass is 10.1. The first-order chi connectivity index (χ1) is 7.15. The third-order valence-corrected chi connectivity index (χ3v) is 1.88. The summed E-state index contributed by atoms with van der Waals surface area (Å²) in [6, 6.07) is 6.48. The Balaban J connectivity index is 2.77. The van der Waals surface area contributed by atoms with Crippen LogP contribution < -0.4 is 4.74 Å². The summed E-state index contributed by atoms with van der Waals surface area (Å²) >= 11 is 0. The summed E-state index contributed by atoms with van der Waals surface area (Å²) in [5, 5.41) is 17.9. The van der Waals surface area contributed by atoms with Crippen LogP contribution in [0.4, 0.5) is 0 Å². The molecule has 2 N–H and O–H groups in total. The van der Waals surface area contributed by atoms with E-state index in [1.54, 1.807) is 18.2 Å². The van der Waals surface area contributed by atoms with Crippen LogP contribution in [0.1, 0.15) is 25.0 Å². The molecule has 0 heterocycles. The van der Waals surface area contributed by atoms with Crippen LogP contribution in [0.2, 0.25) is 0 Å². The Hall–Kier alpha value is -1.55. The van der Waals surface area contributed by atoms with E-state index in [-0.39, 0.29) is 0 Å². The number of aliphatic hydroxyl groups excluding tert-OH is 1. The molecule has 0 fully saturated rings. The third kappa shape index (κ3) is 3.25. The predicted molar refractivity (Wildman–Crippen MR) is 54.8 cm³/mol. The number of carbonyl (C=O) groups is 1. The number of rotatable bonds is 5. The maximum absolute atomic E-state index is 10.5. The average Bonchev–Trinajstić information content (AvgIpc) is 2.25. The van der Waals surface area contributed by atoms with Gasteiger partial charge in [0.25, 0.3) is 0 Å². The van der Waals surface area contributed by atoms with E-state index in [0.29, 0.717) is 17.9 Å². The molecule has 1 aromatic rings. The lowest BCUT2D eigenvalue weighted by Crippen LogP contribution is -2.10. The fourth-order valence-electron chi connectivity index (χ4n) is 1.14. The van der Waals surface area contributed by atoms with Crippen molar-refractivity contribution in [1.29, 1.82) is 0 Å². The first kappa shape index (κ1) is 11.5. The maximum Gasteiger partial charge on any atom is 0.337 e. The van der Waals surface area contributed by atoms with Gasteiger partial charge in [0, 0.05) is 0 Å². The summed E-state index contributed by atoms with van der Waals surface area (Å²) in [6.07, 6.45) is -0.610. The van der Waals surface area contributed by atoms with Crippen LogP contribution in [0.3, 0.4) is 0 Å². The van der Waals surface area contributed by atoms with Gasteiger partial charge in [0.05, 0.1) is 6.61 Å². The molecule has 0 radical (unpaired) electrons. The van der Waals surface area contributed by atoms with E-state index in [1.807, 2.05) is 6.92 Å². The molecule has 0 spiro atoms. The highest BCUT2D eigenvalue weighted by atomic mass is 16.5. The van der Waals surface area contributed by atoms with E-state index in [0.717, 1.165) is 6.42 Å². The van der Waals surface area contributed by atoms with Gasteiger partial charge in [-0.2, -0.15) is 0 Å². The van der Waals surface area contributed by atoms with Crippen molar-refractivity contribution < 1.29 is 19.7 Å². The van der Waals surface area contributed by atoms with Gasteiger partial charge in [0.1, 0.15) is 5.75 Å². The topological polar surface area (TPSA) is 66.8 Å². The van der Waals surface area contributed by atoms with Crippen molar-refractivity contribution in [3.63, 3.8) is 0 Å². The lowest BCUT2D eigenvalue weighted by Gasteiger charge is -2.08. The fraction of sp³-hybridized carbons (Fsp3) is 0.364. The van der Waals surface area contributed by atoms with Gasteiger partial charge in [0.2, 0.25) is 0 Å². The Morgan fingerprint density at radius 3 is 2.87 bits per heavy atom. The van der Waals surface area contributed by atoms with E-state index >= 15 is 0 Å². The molecule has 4 nitrogen and oxygen atoms in total. The normalized spacial score (nSPS) is 12.1. The minimum atomic E-state index is -1.49. The monoisotopic (exact) mass is 210 g/mol. The van der Waals surface area contributed by atoms with Gasteiger partial charge >= 0.3 is 5.97 Å². The number of ether oxygens (including phenoxy) is 1. The van der Waals surface area contributed by atoms with Crippen molar-refractivity contribution in [3.05, 3.63) is 29.8 Å². The van der Waals surface area contributed by atoms with E-state index in [2.05, 4.69) is 0 Å². The number of aliphatic carboxylic acids is 1. The standard InChI is InChI=1S/C11H14O4/c1-2-6-15-9-5-3-4-8(7-9)10(12)11(13)14/h3-5,7,10,12H,2,6H2,1H3,(H,13,14). The smallest absolute Gasteiger partial charge is 0.337 e. The molecule has 1 rings (SSSR count). The van der Waals surface area contributed by atoms with Gasteiger partial charge < -0.3 is 14.9 Å². The lowest BCUT2D eigenvalue weighted by molar-refractivity contribution is -0.146. The summed E-state index contributed by atoms with van der Waals surface area (Å²) in [7, 11) is 0. The molecule has 1 unspecified atom stereocenters. The molecule has 1 atom stereocenters. The second-order valence-electron chi connectivity index (χ2n) is 3.16. The summed E-state index contributed by atoms with van der Waals surface area (Å²) in [6.45, 7) is 2.56. The second kappa shape index (κ2) is 5.36. The molecule has 0 saturated heterocycles. The molecule has 15 heavy (non-hydrogen) atoms. The summed E-state index contributed by atoms with van der Waals surface area (Å²) in [5.41, 5.74) is 0.330. The van der Waals surface area contributed by atoms with Gasteiger partial charge in [-0.3, -0.25) is 0 Å². The summed E-state index contributed by atoms with van der Waals surface area (Å²) in [5.74, 6) is -0.683. The van der Waals surface area contributed by atoms with Crippen LogP contribution in [-0.4, -0.2) is 22.8 Å². The largest absolute Gasteiger partial charge is 0.494 e.